The first-order valence-electron chi connectivity index (χ1n) is 6.51. The Morgan fingerprint density at radius 1 is 1.00 bits per heavy atom. The number of rotatable bonds is 14. The molecule has 0 aliphatic rings. The molecule has 0 aliphatic heterocycles. The van der Waals surface area contributed by atoms with E-state index in [4.69, 9.17) is 14.6 Å². The minimum absolute atomic E-state index is 0.384. The fraction of sp³-hybridized carbons (Fsp3) is 0.833. The number of carbonyl (C=O) groups is 2. The Morgan fingerprint density at radius 2 is 1.63 bits per heavy atom. The minimum atomic E-state index is -0.484. The number of aliphatic hydroxyl groups excluding tert-OH is 1. The van der Waals surface area contributed by atoms with Gasteiger partial charge in [0, 0.05) is 26.3 Å². The monoisotopic (exact) mass is 276 g/mol. The van der Waals surface area contributed by atoms with E-state index in [0.717, 1.165) is 19.3 Å². The van der Waals surface area contributed by atoms with Crippen LogP contribution >= 0.6 is 0 Å². The first-order valence-corrected chi connectivity index (χ1v) is 6.51. The summed E-state index contributed by atoms with van der Waals surface area (Å²) in [6.45, 7) is 2.83. The van der Waals surface area contributed by atoms with Crippen molar-refractivity contribution in [3.8, 4) is 0 Å². The van der Waals surface area contributed by atoms with Crippen molar-refractivity contribution in [1.82, 2.24) is 10.6 Å². The average molecular weight is 276 g/mol. The van der Waals surface area contributed by atoms with Crippen LogP contribution in [0.2, 0.25) is 0 Å². The van der Waals surface area contributed by atoms with Gasteiger partial charge in [0.2, 0.25) is 12.3 Å². The van der Waals surface area contributed by atoms with Crippen molar-refractivity contribution in [2.75, 3.05) is 46.1 Å². The van der Waals surface area contributed by atoms with Crippen molar-refractivity contribution in [3.63, 3.8) is 0 Å². The van der Waals surface area contributed by atoms with E-state index in [1.165, 1.54) is 0 Å². The van der Waals surface area contributed by atoms with Crippen LogP contribution in [0.5, 0.6) is 0 Å². The van der Waals surface area contributed by atoms with Gasteiger partial charge in [-0.25, -0.2) is 0 Å². The van der Waals surface area contributed by atoms with Gasteiger partial charge in [-0.3, -0.25) is 9.59 Å². The number of amides is 2. The third kappa shape index (κ3) is 14.8. The Labute approximate surface area is 113 Å². The molecule has 2 amide bonds. The first kappa shape index (κ1) is 17.8. The molecule has 0 atom stereocenters. The molecule has 0 aromatic rings. The lowest BCUT2D eigenvalue weighted by Gasteiger charge is -2.06. The van der Waals surface area contributed by atoms with E-state index < -0.39 is 6.61 Å². The quantitative estimate of drug-likeness (QED) is 0.281. The summed E-state index contributed by atoms with van der Waals surface area (Å²) in [6, 6.07) is 0. The van der Waals surface area contributed by atoms with Crippen LogP contribution < -0.4 is 10.6 Å². The molecular weight excluding hydrogens is 252 g/mol. The van der Waals surface area contributed by atoms with Crippen LogP contribution in [0.25, 0.3) is 0 Å². The maximum atomic E-state index is 10.7. The van der Waals surface area contributed by atoms with E-state index in [9.17, 15) is 9.59 Å². The summed E-state index contributed by atoms with van der Waals surface area (Å²) in [4.78, 5) is 20.6. The molecule has 0 saturated carbocycles. The minimum Gasteiger partial charge on any atom is -0.387 e. The molecule has 0 saturated heterocycles. The van der Waals surface area contributed by atoms with Crippen LogP contribution in [0.3, 0.4) is 0 Å². The fourth-order valence-corrected chi connectivity index (χ4v) is 1.30. The van der Waals surface area contributed by atoms with Crippen LogP contribution in [0.1, 0.15) is 19.3 Å². The standard InChI is InChI=1S/C12H24N2O5/c15-10-12(17)14-5-9-19-7-3-1-2-6-18-8-4-13-11-16/h11,15H,1-10H2,(H,13,16)(H,14,17). The van der Waals surface area contributed by atoms with E-state index in [-0.39, 0.29) is 5.91 Å². The third-order valence-corrected chi connectivity index (χ3v) is 2.26. The summed E-state index contributed by atoms with van der Waals surface area (Å²) in [5.74, 6) is -0.384. The lowest BCUT2D eigenvalue weighted by molar-refractivity contribution is -0.124. The Hall–Kier alpha value is -1.18. The molecule has 0 rings (SSSR count). The molecule has 7 heteroatoms. The fourth-order valence-electron chi connectivity index (χ4n) is 1.30. The van der Waals surface area contributed by atoms with E-state index in [2.05, 4.69) is 10.6 Å². The van der Waals surface area contributed by atoms with Crippen molar-refractivity contribution >= 4 is 12.3 Å². The highest BCUT2D eigenvalue weighted by molar-refractivity contribution is 5.76. The van der Waals surface area contributed by atoms with Crippen molar-refractivity contribution in [3.05, 3.63) is 0 Å². The van der Waals surface area contributed by atoms with Gasteiger partial charge in [-0.1, -0.05) is 0 Å². The van der Waals surface area contributed by atoms with Gasteiger partial charge in [-0.2, -0.15) is 0 Å². The molecule has 112 valence electrons. The van der Waals surface area contributed by atoms with Crippen LogP contribution in [0, 0.1) is 0 Å². The van der Waals surface area contributed by atoms with Crippen LogP contribution in [-0.2, 0) is 19.1 Å². The molecule has 0 heterocycles. The second-order valence-corrected chi connectivity index (χ2v) is 3.87. The van der Waals surface area contributed by atoms with Crippen molar-refractivity contribution in [1.29, 1.82) is 0 Å². The SMILES string of the molecule is O=CNCCOCCCCCOCCNC(=O)CO. The summed E-state index contributed by atoms with van der Waals surface area (Å²) < 4.78 is 10.6. The summed E-state index contributed by atoms with van der Waals surface area (Å²) in [5.41, 5.74) is 0. The average Bonchev–Trinajstić information content (AvgIpc) is 2.43. The first-order chi connectivity index (χ1) is 9.31. The molecule has 0 aliphatic carbocycles. The van der Waals surface area contributed by atoms with Gasteiger partial charge < -0.3 is 25.2 Å². The van der Waals surface area contributed by atoms with Gasteiger partial charge in [-0.05, 0) is 19.3 Å². The molecule has 0 bridgehead atoms. The third-order valence-electron chi connectivity index (χ3n) is 2.26. The van der Waals surface area contributed by atoms with Gasteiger partial charge in [-0.15, -0.1) is 0 Å². The lowest BCUT2D eigenvalue weighted by atomic mass is 10.2. The predicted octanol–water partition coefficient (Wildman–Crippen LogP) is -0.956. The van der Waals surface area contributed by atoms with Crippen LogP contribution in [0.15, 0.2) is 0 Å². The van der Waals surface area contributed by atoms with Crippen LogP contribution in [-0.4, -0.2) is 63.5 Å². The number of aliphatic hydroxyl groups is 1. The Balaban J connectivity index is 2.99. The number of nitrogens with one attached hydrogen (secondary N) is 2. The van der Waals surface area contributed by atoms with E-state index in [1.54, 1.807) is 0 Å². The van der Waals surface area contributed by atoms with E-state index >= 15 is 0 Å². The molecule has 0 radical (unpaired) electrons. The normalized spacial score (nSPS) is 10.2. The molecule has 0 fully saturated rings. The Morgan fingerprint density at radius 3 is 2.21 bits per heavy atom. The Bertz CT molecular complexity index is 226. The molecular formula is C12H24N2O5. The van der Waals surface area contributed by atoms with Gasteiger partial charge >= 0.3 is 0 Å². The second kappa shape index (κ2) is 14.9. The molecule has 0 aromatic carbocycles. The summed E-state index contributed by atoms with van der Waals surface area (Å²) in [6.07, 6.45) is 3.59. The van der Waals surface area contributed by atoms with E-state index in [1.807, 2.05) is 0 Å². The number of unbranched alkanes of at least 4 members (excludes halogenated alkanes) is 2. The van der Waals surface area contributed by atoms with Crippen molar-refractivity contribution in [2.24, 2.45) is 0 Å². The number of hydrogen-bond acceptors (Lipinski definition) is 5. The number of hydrogen-bond donors (Lipinski definition) is 3. The highest BCUT2D eigenvalue weighted by atomic mass is 16.5. The molecule has 7 nitrogen and oxygen atoms in total. The molecule has 0 aromatic heterocycles. The van der Waals surface area contributed by atoms with E-state index in [0.29, 0.717) is 45.9 Å². The van der Waals surface area contributed by atoms with Gasteiger partial charge in [0.15, 0.2) is 0 Å². The van der Waals surface area contributed by atoms with Crippen molar-refractivity contribution < 1.29 is 24.2 Å². The lowest BCUT2D eigenvalue weighted by Crippen LogP contribution is -2.29. The molecule has 0 unspecified atom stereocenters. The zero-order chi connectivity index (χ0) is 14.2. The van der Waals surface area contributed by atoms with Gasteiger partial charge in [0.05, 0.1) is 13.2 Å². The maximum Gasteiger partial charge on any atom is 0.245 e. The highest BCUT2D eigenvalue weighted by Crippen LogP contribution is 1.96. The van der Waals surface area contributed by atoms with Gasteiger partial charge in [0.1, 0.15) is 6.61 Å². The number of ether oxygens (including phenoxy) is 2. The zero-order valence-electron chi connectivity index (χ0n) is 11.2. The predicted molar refractivity (Wildman–Crippen MR) is 69.7 cm³/mol. The largest absolute Gasteiger partial charge is 0.387 e. The Kier molecular flexibility index (Phi) is 14.0. The number of carbonyl (C=O) groups excluding carboxylic acids is 2. The highest BCUT2D eigenvalue weighted by Gasteiger charge is 1.96. The van der Waals surface area contributed by atoms with Crippen molar-refractivity contribution in [2.45, 2.75) is 19.3 Å². The topological polar surface area (TPSA) is 96.9 Å². The maximum absolute atomic E-state index is 10.7. The van der Waals surface area contributed by atoms with Crippen LogP contribution in [0.4, 0.5) is 0 Å². The zero-order valence-corrected chi connectivity index (χ0v) is 11.2. The smallest absolute Gasteiger partial charge is 0.245 e. The molecule has 3 N–H and O–H groups in total. The molecule has 0 spiro atoms. The second-order valence-electron chi connectivity index (χ2n) is 3.87. The van der Waals surface area contributed by atoms with Gasteiger partial charge in [0.25, 0.3) is 0 Å². The summed E-state index contributed by atoms with van der Waals surface area (Å²) in [7, 11) is 0. The summed E-state index contributed by atoms with van der Waals surface area (Å²) >= 11 is 0. The summed E-state index contributed by atoms with van der Waals surface area (Å²) in [5, 5.41) is 13.5. The molecule has 19 heavy (non-hydrogen) atoms.